The van der Waals surface area contributed by atoms with Crippen LogP contribution in [-0.2, 0) is 6.54 Å². The molecular formula is C15H22BrNO2. The van der Waals surface area contributed by atoms with Crippen molar-refractivity contribution in [2.24, 2.45) is 0 Å². The first-order chi connectivity index (χ1) is 8.87. The van der Waals surface area contributed by atoms with Crippen LogP contribution in [0.1, 0.15) is 26.3 Å². The van der Waals surface area contributed by atoms with Crippen LogP contribution in [0.25, 0.3) is 0 Å². The number of benzene rings is 1. The summed E-state index contributed by atoms with van der Waals surface area (Å²) in [5.41, 5.74) is 1.22. The Morgan fingerprint density at radius 1 is 1.37 bits per heavy atom. The van der Waals surface area contributed by atoms with Gasteiger partial charge in [-0.1, -0.05) is 12.7 Å². The fourth-order valence-electron chi connectivity index (χ4n) is 1.52. The predicted molar refractivity (Wildman–Crippen MR) is 83.0 cm³/mol. The van der Waals surface area contributed by atoms with Crippen LogP contribution >= 0.6 is 15.9 Å². The van der Waals surface area contributed by atoms with Crippen molar-refractivity contribution in [1.82, 2.24) is 5.32 Å². The number of ether oxygens (including phenoxy) is 2. The summed E-state index contributed by atoms with van der Waals surface area (Å²) in [5.74, 6) is 1.43. The second kappa shape index (κ2) is 6.96. The number of hydrogen-bond donors (Lipinski definition) is 1. The maximum absolute atomic E-state index is 5.60. The average Bonchev–Trinajstić information content (AvgIpc) is 2.33. The molecule has 0 spiro atoms. The maximum Gasteiger partial charge on any atom is 0.175 e. The van der Waals surface area contributed by atoms with Crippen LogP contribution in [0.2, 0.25) is 0 Å². The first kappa shape index (κ1) is 16.1. The largest absolute Gasteiger partial charge is 0.493 e. The molecule has 0 fully saturated rings. The zero-order chi connectivity index (χ0) is 14.5. The highest BCUT2D eigenvalue weighted by Crippen LogP contribution is 2.36. The van der Waals surface area contributed by atoms with Gasteiger partial charge in [0.2, 0.25) is 0 Å². The van der Waals surface area contributed by atoms with E-state index in [1.165, 1.54) is 0 Å². The smallest absolute Gasteiger partial charge is 0.175 e. The summed E-state index contributed by atoms with van der Waals surface area (Å²) in [6.07, 6.45) is 1.71. The Kier molecular flexibility index (Phi) is 5.88. The third-order valence-corrected chi connectivity index (χ3v) is 3.05. The molecule has 1 aromatic rings. The van der Waals surface area contributed by atoms with Gasteiger partial charge in [-0.3, -0.25) is 0 Å². The van der Waals surface area contributed by atoms with Gasteiger partial charge in [0.15, 0.2) is 11.5 Å². The first-order valence-electron chi connectivity index (χ1n) is 6.22. The molecule has 1 rings (SSSR count). The van der Waals surface area contributed by atoms with Gasteiger partial charge in [-0.2, -0.15) is 0 Å². The average molecular weight is 328 g/mol. The SMILES string of the molecule is C=CCOc1c(Br)cc(CNC(C)(C)C)cc1OC. The van der Waals surface area contributed by atoms with Crippen molar-refractivity contribution in [3.8, 4) is 11.5 Å². The van der Waals surface area contributed by atoms with Crippen molar-refractivity contribution in [3.63, 3.8) is 0 Å². The Morgan fingerprint density at radius 2 is 2.05 bits per heavy atom. The Morgan fingerprint density at radius 3 is 2.58 bits per heavy atom. The molecule has 0 amide bonds. The molecule has 0 saturated carbocycles. The minimum absolute atomic E-state index is 0.0811. The van der Waals surface area contributed by atoms with Gasteiger partial charge in [0.05, 0.1) is 11.6 Å². The Labute approximate surface area is 124 Å². The number of nitrogens with one attached hydrogen (secondary N) is 1. The molecule has 0 radical (unpaired) electrons. The van der Waals surface area contributed by atoms with Gasteiger partial charge in [-0.15, -0.1) is 0 Å². The standard InChI is InChI=1S/C15H22BrNO2/c1-6-7-19-14-12(16)8-11(9-13(14)18-5)10-17-15(2,3)4/h6,8-9,17H,1,7,10H2,2-5H3. The minimum Gasteiger partial charge on any atom is -0.493 e. The van der Waals surface area contributed by atoms with Crippen LogP contribution in [0, 0.1) is 0 Å². The van der Waals surface area contributed by atoms with Gasteiger partial charge >= 0.3 is 0 Å². The van der Waals surface area contributed by atoms with E-state index in [0.29, 0.717) is 12.4 Å². The molecule has 0 atom stereocenters. The molecule has 0 unspecified atom stereocenters. The zero-order valence-electron chi connectivity index (χ0n) is 12.0. The summed E-state index contributed by atoms with van der Waals surface area (Å²) in [6.45, 7) is 11.3. The fraction of sp³-hybridized carbons (Fsp3) is 0.467. The van der Waals surface area contributed by atoms with Gasteiger partial charge in [-0.05, 0) is 54.4 Å². The van der Waals surface area contributed by atoms with Crippen LogP contribution in [0.3, 0.4) is 0 Å². The zero-order valence-corrected chi connectivity index (χ0v) is 13.6. The summed E-state index contributed by atoms with van der Waals surface area (Å²) in [4.78, 5) is 0. The lowest BCUT2D eigenvalue weighted by Gasteiger charge is -2.21. The van der Waals surface area contributed by atoms with Crippen LogP contribution < -0.4 is 14.8 Å². The van der Waals surface area contributed by atoms with E-state index in [1.807, 2.05) is 12.1 Å². The molecule has 4 heteroatoms. The normalized spacial score (nSPS) is 11.2. The third kappa shape index (κ3) is 5.25. The summed E-state index contributed by atoms with van der Waals surface area (Å²) in [7, 11) is 1.64. The lowest BCUT2D eigenvalue weighted by Crippen LogP contribution is -2.35. The van der Waals surface area contributed by atoms with E-state index in [-0.39, 0.29) is 5.54 Å². The Balaban J connectivity index is 2.92. The maximum atomic E-state index is 5.60. The number of halogens is 1. The monoisotopic (exact) mass is 327 g/mol. The molecule has 0 aliphatic rings. The van der Waals surface area contributed by atoms with Gasteiger partial charge in [0.25, 0.3) is 0 Å². The number of rotatable bonds is 6. The summed E-state index contributed by atoms with van der Waals surface area (Å²) < 4.78 is 11.9. The fourth-order valence-corrected chi connectivity index (χ4v) is 2.13. The molecule has 3 nitrogen and oxygen atoms in total. The van der Waals surface area contributed by atoms with E-state index in [4.69, 9.17) is 9.47 Å². The molecule has 0 aliphatic carbocycles. The van der Waals surface area contributed by atoms with E-state index in [0.717, 1.165) is 22.3 Å². The molecule has 0 bridgehead atoms. The quantitative estimate of drug-likeness (QED) is 0.803. The van der Waals surface area contributed by atoms with Gasteiger partial charge in [-0.25, -0.2) is 0 Å². The van der Waals surface area contributed by atoms with Crippen LogP contribution in [-0.4, -0.2) is 19.3 Å². The van der Waals surface area contributed by atoms with Crippen molar-refractivity contribution in [2.75, 3.05) is 13.7 Å². The van der Waals surface area contributed by atoms with Crippen LogP contribution in [0.15, 0.2) is 29.3 Å². The van der Waals surface area contributed by atoms with E-state index in [1.54, 1.807) is 13.2 Å². The van der Waals surface area contributed by atoms with Gasteiger partial charge in [0.1, 0.15) is 6.61 Å². The molecule has 0 aliphatic heterocycles. The number of hydrogen-bond acceptors (Lipinski definition) is 3. The van der Waals surface area contributed by atoms with Crippen LogP contribution in [0.4, 0.5) is 0 Å². The van der Waals surface area contributed by atoms with E-state index < -0.39 is 0 Å². The lowest BCUT2D eigenvalue weighted by molar-refractivity contribution is 0.324. The minimum atomic E-state index is 0.0811. The molecular weight excluding hydrogens is 306 g/mol. The lowest BCUT2D eigenvalue weighted by atomic mass is 10.1. The first-order valence-corrected chi connectivity index (χ1v) is 7.02. The van der Waals surface area contributed by atoms with E-state index >= 15 is 0 Å². The van der Waals surface area contributed by atoms with Crippen molar-refractivity contribution in [2.45, 2.75) is 32.9 Å². The second-order valence-corrected chi connectivity index (χ2v) is 6.17. The highest BCUT2D eigenvalue weighted by atomic mass is 79.9. The Hall–Kier alpha value is -1.00. The molecule has 19 heavy (non-hydrogen) atoms. The third-order valence-electron chi connectivity index (χ3n) is 2.46. The van der Waals surface area contributed by atoms with Crippen molar-refractivity contribution >= 4 is 15.9 Å². The molecule has 0 heterocycles. The van der Waals surface area contributed by atoms with Crippen molar-refractivity contribution < 1.29 is 9.47 Å². The highest BCUT2D eigenvalue weighted by Gasteiger charge is 2.13. The molecule has 106 valence electrons. The van der Waals surface area contributed by atoms with E-state index in [9.17, 15) is 0 Å². The molecule has 0 aromatic heterocycles. The second-order valence-electron chi connectivity index (χ2n) is 5.31. The van der Waals surface area contributed by atoms with Crippen molar-refractivity contribution in [1.29, 1.82) is 0 Å². The van der Waals surface area contributed by atoms with Gasteiger partial charge in [0, 0.05) is 12.1 Å². The summed E-state index contributed by atoms with van der Waals surface area (Å²) in [6, 6.07) is 4.03. The van der Waals surface area contributed by atoms with Crippen LogP contribution in [0.5, 0.6) is 11.5 Å². The van der Waals surface area contributed by atoms with Gasteiger partial charge < -0.3 is 14.8 Å². The van der Waals surface area contributed by atoms with Crippen molar-refractivity contribution in [3.05, 3.63) is 34.8 Å². The topological polar surface area (TPSA) is 30.5 Å². The molecule has 1 N–H and O–H groups in total. The molecule has 1 aromatic carbocycles. The van der Waals surface area contributed by atoms with E-state index in [2.05, 4.69) is 48.6 Å². The Bertz CT molecular complexity index is 439. The predicted octanol–water partition coefficient (Wildman–Crippen LogP) is 3.91. The molecule has 0 saturated heterocycles. The summed E-state index contributed by atoms with van der Waals surface area (Å²) in [5, 5.41) is 3.45. The highest BCUT2D eigenvalue weighted by molar-refractivity contribution is 9.10. The number of methoxy groups -OCH3 is 1. The summed E-state index contributed by atoms with van der Waals surface area (Å²) >= 11 is 3.52.